The van der Waals surface area contributed by atoms with Crippen LogP contribution in [0.25, 0.3) is 0 Å². The third kappa shape index (κ3) is 7.60. The van der Waals surface area contributed by atoms with Gasteiger partial charge in [0.2, 0.25) is 0 Å². The summed E-state index contributed by atoms with van der Waals surface area (Å²) in [5.74, 6) is 1.02. The van der Waals surface area contributed by atoms with E-state index in [4.69, 9.17) is 9.47 Å². The van der Waals surface area contributed by atoms with Crippen molar-refractivity contribution in [2.45, 2.75) is 52.4 Å². The lowest BCUT2D eigenvalue weighted by Gasteiger charge is -2.19. The predicted molar refractivity (Wildman–Crippen MR) is 135 cm³/mol. The van der Waals surface area contributed by atoms with Gasteiger partial charge in [-0.25, -0.2) is 4.79 Å². The fraction of sp³-hybridized carbons (Fsp3) is 0.310. The highest BCUT2D eigenvalue weighted by molar-refractivity contribution is 5.91. The number of esters is 1. The van der Waals surface area contributed by atoms with Crippen molar-refractivity contribution in [1.82, 2.24) is 0 Å². The Bertz CT molecular complexity index is 1040. The van der Waals surface area contributed by atoms with Crippen LogP contribution < -0.4 is 9.47 Å². The van der Waals surface area contributed by atoms with Gasteiger partial charge in [0.15, 0.2) is 0 Å². The average Bonchev–Trinajstić information content (AvgIpc) is 2.81. The van der Waals surface area contributed by atoms with E-state index in [0.29, 0.717) is 11.3 Å². The SMILES string of the molecule is CCCCCOc1ccc(C=Nc2ccc(C(=O)Oc3ccc(C(C)(C)C)cc3)cc2)cc1. The van der Waals surface area contributed by atoms with E-state index in [2.05, 4.69) is 32.7 Å². The molecule has 0 fully saturated rings. The third-order valence-electron chi connectivity index (χ3n) is 5.29. The van der Waals surface area contributed by atoms with Crippen LogP contribution in [0, 0.1) is 0 Å². The zero-order chi connectivity index (χ0) is 23.7. The smallest absolute Gasteiger partial charge is 0.343 e. The maximum absolute atomic E-state index is 12.5. The van der Waals surface area contributed by atoms with Crippen LogP contribution in [0.5, 0.6) is 11.5 Å². The summed E-state index contributed by atoms with van der Waals surface area (Å²) in [4.78, 5) is 16.9. The van der Waals surface area contributed by atoms with Gasteiger partial charge in [-0.15, -0.1) is 0 Å². The van der Waals surface area contributed by atoms with Crippen molar-refractivity contribution in [2.75, 3.05) is 6.61 Å². The summed E-state index contributed by atoms with van der Waals surface area (Å²) in [6, 6.07) is 22.6. The zero-order valence-electron chi connectivity index (χ0n) is 20.0. The van der Waals surface area contributed by atoms with Gasteiger partial charge in [0.25, 0.3) is 0 Å². The second kappa shape index (κ2) is 11.5. The fourth-order valence-corrected chi connectivity index (χ4v) is 3.21. The van der Waals surface area contributed by atoms with Gasteiger partial charge in [-0.1, -0.05) is 52.7 Å². The molecule has 0 aliphatic rings. The van der Waals surface area contributed by atoms with Gasteiger partial charge in [0, 0.05) is 6.21 Å². The van der Waals surface area contributed by atoms with Crippen molar-refractivity contribution in [1.29, 1.82) is 0 Å². The molecule has 0 aliphatic carbocycles. The van der Waals surface area contributed by atoms with Gasteiger partial charge in [0.1, 0.15) is 11.5 Å². The molecule has 33 heavy (non-hydrogen) atoms. The lowest BCUT2D eigenvalue weighted by molar-refractivity contribution is 0.0735. The Hall–Kier alpha value is -3.40. The molecule has 0 saturated heterocycles. The quantitative estimate of drug-likeness (QED) is 0.149. The number of hydrogen-bond donors (Lipinski definition) is 0. The molecule has 4 nitrogen and oxygen atoms in total. The van der Waals surface area contributed by atoms with Gasteiger partial charge >= 0.3 is 5.97 Å². The molecule has 0 N–H and O–H groups in total. The highest BCUT2D eigenvalue weighted by Gasteiger charge is 2.14. The number of ether oxygens (including phenoxy) is 2. The van der Waals surface area contributed by atoms with E-state index in [9.17, 15) is 4.79 Å². The van der Waals surface area contributed by atoms with Crippen LogP contribution in [-0.2, 0) is 5.41 Å². The van der Waals surface area contributed by atoms with Gasteiger partial charge in [0.05, 0.1) is 17.9 Å². The Morgan fingerprint density at radius 2 is 1.48 bits per heavy atom. The molecule has 0 aromatic heterocycles. The summed E-state index contributed by atoms with van der Waals surface area (Å²) in [6.07, 6.45) is 5.25. The van der Waals surface area contributed by atoms with Crippen LogP contribution in [0.15, 0.2) is 77.8 Å². The standard InChI is InChI=1S/C29H33NO3/c1-5-6-7-20-32-26-16-8-22(9-17-26)21-30-25-14-10-23(11-15-25)28(31)33-27-18-12-24(13-19-27)29(2,3)4/h8-19,21H,5-7,20H2,1-4H3. The number of benzene rings is 3. The van der Waals surface area contributed by atoms with Crippen molar-refractivity contribution in [3.8, 4) is 11.5 Å². The van der Waals surface area contributed by atoms with E-state index in [1.807, 2.05) is 48.5 Å². The Labute approximate surface area is 197 Å². The Morgan fingerprint density at radius 3 is 2.09 bits per heavy atom. The maximum Gasteiger partial charge on any atom is 0.343 e. The van der Waals surface area contributed by atoms with Crippen LogP contribution in [-0.4, -0.2) is 18.8 Å². The van der Waals surface area contributed by atoms with Crippen molar-refractivity contribution in [3.05, 3.63) is 89.5 Å². The molecule has 0 aliphatic heterocycles. The molecule has 0 saturated carbocycles. The number of rotatable bonds is 9. The molecule has 0 amide bonds. The molecule has 172 valence electrons. The number of hydrogen-bond acceptors (Lipinski definition) is 4. The number of unbranched alkanes of at least 4 members (excludes halogenated alkanes) is 2. The molecule has 0 spiro atoms. The van der Waals surface area contributed by atoms with Gasteiger partial charge < -0.3 is 9.47 Å². The largest absolute Gasteiger partial charge is 0.494 e. The summed E-state index contributed by atoms with van der Waals surface area (Å²) in [5.41, 5.74) is 3.49. The zero-order valence-corrected chi connectivity index (χ0v) is 20.0. The molecule has 3 aromatic carbocycles. The summed E-state index contributed by atoms with van der Waals surface area (Å²) < 4.78 is 11.2. The predicted octanol–water partition coefficient (Wildman–Crippen LogP) is 7.52. The van der Waals surface area contributed by atoms with Crippen LogP contribution >= 0.6 is 0 Å². The second-order valence-electron chi connectivity index (χ2n) is 9.09. The highest BCUT2D eigenvalue weighted by Crippen LogP contribution is 2.25. The first kappa shape index (κ1) is 24.2. The molecule has 0 radical (unpaired) electrons. The number of nitrogens with zero attached hydrogens (tertiary/aromatic N) is 1. The molecule has 3 aromatic rings. The van der Waals surface area contributed by atoms with E-state index in [1.54, 1.807) is 30.5 Å². The summed E-state index contributed by atoms with van der Waals surface area (Å²) in [6.45, 7) is 9.38. The minimum Gasteiger partial charge on any atom is -0.494 e. The van der Waals surface area contributed by atoms with E-state index in [1.165, 1.54) is 18.4 Å². The van der Waals surface area contributed by atoms with E-state index in [0.717, 1.165) is 30.0 Å². The van der Waals surface area contributed by atoms with Crippen molar-refractivity contribution in [2.24, 2.45) is 4.99 Å². The van der Waals surface area contributed by atoms with Crippen molar-refractivity contribution in [3.63, 3.8) is 0 Å². The number of carbonyl (C=O) groups excluding carboxylic acids is 1. The second-order valence-corrected chi connectivity index (χ2v) is 9.09. The first-order valence-electron chi connectivity index (χ1n) is 11.5. The van der Waals surface area contributed by atoms with Crippen LogP contribution in [0.4, 0.5) is 5.69 Å². The van der Waals surface area contributed by atoms with Gasteiger partial charge in [-0.3, -0.25) is 4.99 Å². The molecular formula is C29H33NO3. The monoisotopic (exact) mass is 443 g/mol. The van der Waals surface area contributed by atoms with Crippen molar-refractivity contribution < 1.29 is 14.3 Å². The van der Waals surface area contributed by atoms with E-state index in [-0.39, 0.29) is 11.4 Å². The molecule has 0 atom stereocenters. The fourth-order valence-electron chi connectivity index (χ4n) is 3.21. The first-order chi connectivity index (χ1) is 15.8. The van der Waals surface area contributed by atoms with Crippen LogP contribution in [0.3, 0.4) is 0 Å². The Morgan fingerprint density at radius 1 is 0.848 bits per heavy atom. The number of carbonyl (C=O) groups is 1. The molecule has 0 bridgehead atoms. The average molecular weight is 444 g/mol. The summed E-state index contributed by atoms with van der Waals surface area (Å²) in [7, 11) is 0. The molecular weight excluding hydrogens is 410 g/mol. The topological polar surface area (TPSA) is 47.9 Å². The molecule has 3 rings (SSSR count). The van der Waals surface area contributed by atoms with E-state index >= 15 is 0 Å². The lowest BCUT2D eigenvalue weighted by Crippen LogP contribution is -2.11. The Kier molecular flexibility index (Phi) is 8.42. The van der Waals surface area contributed by atoms with Crippen LogP contribution in [0.1, 0.15) is 68.4 Å². The highest BCUT2D eigenvalue weighted by atomic mass is 16.5. The van der Waals surface area contributed by atoms with Gasteiger partial charge in [-0.05, 0) is 83.6 Å². The number of aliphatic imine (C=N–C) groups is 1. The van der Waals surface area contributed by atoms with Gasteiger partial charge in [-0.2, -0.15) is 0 Å². The maximum atomic E-state index is 12.5. The molecule has 4 heteroatoms. The molecule has 0 unspecified atom stereocenters. The van der Waals surface area contributed by atoms with Crippen molar-refractivity contribution >= 4 is 17.9 Å². The van der Waals surface area contributed by atoms with E-state index < -0.39 is 0 Å². The minimum absolute atomic E-state index is 0.0585. The third-order valence-corrected chi connectivity index (χ3v) is 5.29. The molecule has 0 heterocycles. The lowest BCUT2D eigenvalue weighted by atomic mass is 9.87. The normalized spacial score (nSPS) is 11.5. The summed E-state index contributed by atoms with van der Waals surface area (Å²) >= 11 is 0. The minimum atomic E-state index is -0.386. The van der Waals surface area contributed by atoms with Crippen LogP contribution in [0.2, 0.25) is 0 Å². The summed E-state index contributed by atoms with van der Waals surface area (Å²) in [5, 5.41) is 0. The Balaban J connectivity index is 1.54. The first-order valence-corrected chi connectivity index (χ1v) is 11.5.